The molecule has 0 saturated heterocycles. The third-order valence-corrected chi connectivity index (χ3v) is 11.4. The second-order valence-electron chi connectivity index (χ2n) is 12.7. The van der Waals surface area contributed by atoms with Crippen LogP contribution >= 0.6 is 0 Å². The maximum Gasteiger partial charge on any atom is 0.389 e. The first-order valence-corrected chi connectivity index (χ1v) is 13.2. The second-order valence-corrected chi connectivity index (χ2v) is 12.7. The molecule has 1 N–H and O–H groups in total. The smallest absolute Gasteiger partial charge is 0.389 e. The van der Waals surface area contributed by atoms with E-state index in [-0.39, 0.29) is 6.42 Å². The van der Waals surface area contributed by atoms with Gasteiger partial charge in [-0.3, -0.25) is 0 Å². The summed E-state index contributed by atoms with van der Waals surface area (Å²) in [5, 5.41) is 11.0. The van der Waals surface area contributed by atoms with E-state index in [1.54, 1.807) is 0 Å². The Balaban J connectivity index is 1.45. The van der Waals surface area contributed by atoms with Gasteiger partial charge in [0.1, 0.15) is 0 Å². The van der Waals surface area contributed by atoms with Crippen molar-refractivity contribution in [3.8, 4) is 0 Å². The highest BCUT2D eigenvalue weighted by atomic mass is 19.4. The van der Waals surface area contributed by atoms with Crippen molar-refractivity contribution in [1.82, 2.24) is 0 Å². The molecule has 4 aliphatic rings. The zero-order chi connectivity index (χ0) is 22.7. The SMILES string of the molecule is CC[C@]1(O)CC[C@@]2(C)[C@@H](CC[C@@H]3[C@@H]2CC[C@]2(C)[C@@H]([C@H](C)CCCC(F)(F)F)CC[C@@H]32)C1. The van der Waals surface area contributed by atoms with E-state index in [2.05, 4.69) is 27.7 Å². The minimum atomic E-state index is -4.02. The molecule has 0 spiro atoms. The van der Waals surface area contributed by atoms with Crippen LogP contribution in [0.3, 0.4) is 0 Å². The number of rotatable bonds is 5. The van der Waals surface area contributed by atoms with E-state index in [9.17, 15) is 18.3 Å². The lowest BCUT2D eigenvalue weighted by molar-refractivity contribution is -0.153. The zero-order valence-corrected chi connectivity index (χ0v) is 20.2. The van der Waals surface area contributed by atoms with E-state index in [0.717, 1.165) is 43.4 Å². The van der Waals surface area contributed by atoms with Crippen LogP contribution in [0.5, 0.6) is 0 Å². The molecule has 0 heterocycles. The molecule has 1 nitrogen and oxygen atoms in total. The monoisotopic (exact) mass is 442 g/mol. The van der Waals surface area contributed by atoms with Gasteiger partial charge in [-0.05, 0) is 117 Å². The van der Waals surface area contributed by atoms with Crippen molar-refractivity contribution in [3.05, 3.63) is 0 Å². The van der Waals surface area contributed by atoms with Crippen LogP contribution in [-0.4, -0.2) is 16.9 Å². The molecule has 9 atom stereocenters. The molecule has 180 valence electrons. The zero-order valence-electron chi connectivity index (χ0n) is 20.2. The molecule has 0 aromatic carbocycles. The van der Waals surface area contributed by atoms with Gasteiger partial charge in [-0.25, -0.2) is 0 Å². The van der Waals surface area contributed by atoms with Gasteiger partial charge in [-0.15, -0.1) is 0 Å². The van der Waals surface area contributed by atoms with Crippen molar-refractivity contribution in [2.45, 2.75) is 123 Å². The van der Waals surface area contributed by atoms with E-state index < -0.39 is 18.2 Å². The summed E-state index contributed by atoms with van der Waals surface area (Å²) in [5.41, 5.74) is 0.257. The summed E-state index contributed by atoms with van der Waals surface area (Å²) >= 11 is 0. The Morgan fingerprint density at radius 2 is 1.65 bits per heavy atom. The number of aliphatic hydroxyl groups is 1. The van der Waals surface area contributed by atoms with Gasteiger partial charge in [0.25, 0.3) is 0 Å². The third kappa shape index (κ3) is 4.21. The van der Waals surface area contributed by atoms with Crippen molar-refractivity contribution in [1.29, 1.82) is 0 Å². The molecule has 4 saturated carbocycles. The molecule has 0 amide bonds. The lowest BCUT2D eigenvalue weighted by Gasteiger charge is -2.62. The summed E-state index contributed by atoms with van der Waals surface area (Å²) in [6, 6.07) is 0. The minimum absolute atomic E-state index is 0.286. The summed E-state index contributed by atoms with van der Waals surface area (Å²) in [4.78, 5) is 0. The molecule has 0 aromatic heterocycles. The van der Waals surface area contributed by atoms with Gasteiger partial charge >= 0.3 is 6.18 Å². The first-order chi connectivity index (χ1) is 14.4. The average molecular weight is 443 g/mol. The van der Waals surface area contributed by atoms with E-state index in [1.807, 2.05) is 0 Å². The second kappa shape index (κ2) is 8.20. The first kappa shape index (κ1) is 23.9. The summed E-state index contributed by atoms with van der Waals surface area (Å²) < 4.78 is 37.9. The van der Waals surface area contributed by atoms with Gasteiger partial charge in [0.05, 0.1) is 5.60 Å². The largest absolute Gasteiger partial charge is 0.390 e. The molecule has 4 rings (SSSR count). The van der Waals surface area contributed by atoms with Gasteiger partial charge in [-0.1, -0.05) is 34.1 Å². The summed E-state index contributed by atoms with van der Waals surface area (Å²) in [6.45, 7) is 9.40. The lowest BCUT2D eigenvalue weighted by atomic mass is 9.43. The molecule has 4 fully saturated rings. The first-order valence-electron chi connectivity index (χ1n) is 13.2. The van der Waals surface area contributed by atoms with Crippen LogP contribution in [0.4, 0.5) is 13.2 Å². The minimum Gasteiger partial charge on any atom is -0.390 e. The van der Waals surface area contributed by atoms with Crippen molar-refractivity contribution in [2.75, 3.05) is 0 Å². The molecule has 0 aliphatic heterocycles. The van der Waals surface area contributed by atoms with Crippen LogP contribution in [0.2, 0.25) is 0 Å². The number of hydrogen-bond donors (Lipinski definition) is 1. The molecular weight excluding hydrogens is 397 g/mol. The van der Waals surface area contributed by atoms with Crippen LogP contribution in [0.25, 0.3) is 0 Å². The number of alkyl halides is 3. The molecule has 0 radical (unpaired) electrons. The van der Waals surface area contributed by atoms with Gasteiger partial charge in [0, 0.05) is 6.42 Å². The summed E-state index contributed by atoms with van der Waals surface area (Å²) in [7, 11) is 0. The summed E-state index contributed by atoms with van der Waals surface area (Å²) in [6.07, 6.45) is 7.98. The van der Waals surface area contributed by atoms with E-state index in [1.165, 1.54) is 44.9 Å². The standard InChI is InChI=1S/C27H45F3O/c1-5-26(31)16-15-24(3)19(17-26)8-9-20-22-11-10-21(25(22,4)14-12-23(20)24)18(2)7-6-13-27(28,29)30/h18-23,31H,5-17H2,1-4H3/t18-,19+,20+,21-,22+,23+,24+,25-,26+/m1/s1. The van der Waals surface area contributed by atoms with Crippen LogP contribution in [0.1, 0.15) is 111 Å². The maximum absolute atomic E-state index is 12.6. The van der Waals surface area contributed by atoms with Gasteiger partial charge < -0.3 is 5.11 Å². The van der Waals surface area contributed by atoms with Crippen LogP contribution < -0.4 is 0 Å². The maximum atomic E-state index is 12.6. The molecule has 4 heteroatoms. The molecule has 0 unspecified atom stereocenters. The summed E-state index contributed by atoms with van der Waals surface area (Å²) in [5.74, 6) is 3.98. The third-order valence-electron chi connectivity index (χ3n) is 11.4. The quantitative estimate of drug-likeness (QED) is 0.455. The number of hydrogen-bond acceptors (Lipinski definition) is 1. The van der Waals surface area contributed by atoms with Crippen molar-refractivity contribution < 1.29 is 18.3 Å². The van der Waals surface area contributed by atoms with Crippen LogP contribution in [0.15, 0.2) is 0 Å². The Hall–Kier alpha value is -0.250. The Bertz CT molecular complexity index is 647. The fraction of sp³-hybridized carbons (Fsp3) is 1.00. The predicted molar refractivity (Wildman–Crippen MR) is 120 cm³/mol. The van der Waals surface area contributed by atoms with Crippen molar-refractivity contribution in [2.24, 2.45) is 46.3 Å². The molecule has 0 aromatic rings. The molecular formula is C27H45F3O. The topological polar surface area (TPSA) is 20.2 Å². The van der Waals surface area contributed by atoms with Gasteiger partial charge in [0.15, 0.2) is 0 Å². The van der Waals surface area contributed by atoms with Crippen LogP contribution in [-0.2, 0) is 0 Å². The normalized spacial score (nSPS) is 48.6. The number of fused-ring (bicyclic) bond motifs is 5. The Labute approximate surface area is 187 Å². The Morgan fingerprint density at radius 1 is 0.935 bits per heavy atom. The predicted octanol–water partition coefficient (Wildman–Crippen LogP) is 8.16. The van der Waals surface area contributed by atoms with E-state index >= 15 is 0 Å². The number of halogens is 3. The highest BCUT2D eigenvalue weighted by Crippen LogP contribution is 2.69. The molecule has 4 aliphatic carbocycles. The Kier molecular flexibility index (Phi) is 6.32. The van der Waals surface area contributed by atoms with Crippen molar-refractivity contribution in [3.63, 3.8) is 0 Å². The highest BCUT2D eigenvalue weighted by Gasteiger charge is 2.61. The van der Waals surface area contributed by atoms with E-state index in [4.69, 9.17) is 0 Å². The fourth-order valence-corrected chi connectivity index (χ4v) is 9.44. The van der Waals surface area contributed by atoms with E-state index in [0.29, 0.717) is 28.6 Å². The van der Waals surface area contributed by atoms with Gasteiger partial charge in [0.2, 0.25) is 0 Å². The lowest BCUT2D eigenvalue weighted by Crippen LogP contribution is -2.56. The average Bonchev–Trinajstić information content (AvgIpc) is 3.05. The van der Waals surface area contributed by atoms with Crippen molar-refractivity contribution >= 4 is 0 Å². The molecule has 31 heavy (non-hydrogen) atoms. The van der Waals surface area contributed by atoms with Crippen LogP contribution in [0, 0.1) is 46.3 Å². The van der Waals surface area contributed by atoms with Gasteiger partial charge in [-0.2, -0.15) is 13.2 Å². The molecule has 0 bridgehead atoms. The highest BCUT2D eigenvalue weighted by molar-refractivity contribution is 5.10. The fourth-order valence-electron chi connectivity index (χ4n) is 9.44. The Morgan fingerprint density at radius 3 is 2.32 bits per heavy atom.